The molecule has 1 heteroatoms. The Morgan fingerprint density at radius 1 is 0.917 bits per heavy atom. The third-order valence-corrected chi connectivity index (χ3v) is 2.39. The first-order valence-corrected chi connectivity index (χ1v) is 4.62. The number of hydrogen-bond donors (Lipinski definition) is 1. The maximum Gasteiger partial charge on any atom is 0.0160 e. The molecule has 60 valence electrons. The van der Waals surface area contributed by atoms with Gasteiger partial charge in [0.1, 0.15) is 0 Å². The van der Waals surface area contributed by atoms with Crippen molar-refractivity contribution in [3.05, 3.63) is 48.0 Å². The number of hydrogen-bond acceptors (Lipinski definition) is 1. The molecule has 0 aliphatic heterocycles. The normalized spacial score (nSPS) is 10.4. The molecule has 0 aromatic heterocycles. The first-order chi connectivity index (χ1) is 5.92. The highest BCUT2D eigenvalue weighted by molar-refractivity contribution is 7.79. The number of thiol groups is 1. The summed E-state index contributed by atoms with van der Waals surface area (Å²) in [6.07, 6.45) is 0. The van der Waals surface area contributed by atoms with Crippen molar-refractivity contribution in [1.82, 2.24) is 0 Å². The fourth-order valence-electron chi connectivity index (χ4n) is 1.42. The molecule has 0 amide bonds. The molecule has 0 fully saturated rings. The summed E-state index contributed by atoms with van der Waals surface area (Å²) in [5, 5.41) is 0. The van der Waals surface area contributed by atoms with Crippen LogP contribution in [0.2, 0.25) is 0 Å². The van der Waals surface area contributed by atoms with Crippen LogP contribution < -0.4 is 0 Å². The van der Waals surface area contributed by atoms with Gasteiger partial charge in [0.25, 0.3) is 0 Å². The molecule has 12 heavy (non-hydrogen) atoms. The smallest absolute Gasteiger partial charge is 0.0160 e. The van der Waals surface area contributed by atoms with Crippen LogP contribution >= 0.6 is 12.6 Å². The van der Waals surface area contributed by atoms with E-state index in [1.807, 2.05) is 6.07 Å². The summed E-state index contributed by atoms with van der Waals surface area (Å²) in [6, 6.07) is 14.7. The Kier molecular flexibility index (Phi) is 2.05. The van der Waals surface area contributed by atoms with Crippen molar-refractivity contribution >= 4 is 12.6 Å². The lowest BCUT2D eigenvalue weighted by molar-refractivity contribution is 1.49. The second kappa shape index (κ2) is 3.20. The van der Waals surface area contributed by atoms with Gasteiger partial charge in [-0.25, -0.2) is 0 Å². The Bertz CT molecular complexity index is 354. The summed E-state index contributed by atoms with van der Waals surface area (Å²) in [4.78, 5) is 0. The van der Waals surface area contributed by atoms with Crippen LogP contribution in [0.5, 0.6) is 0 Å². The van der Waals surface area contributed by atoms with E-state index in [2.05, 4.69) is 49.0 Å². The third kappa shape index (κ3) is 1.21. The summed E-state index contributed by atoms with van der Waals surface area (Å²) in [6.45, 7) is 0. The highest BCUT2D eigenvalue weighted by Gasteiger charge is 2.04. The van der Waals surface area contributed by atoms with Crippen molar-refractivity contribution in [1.29, 1.82) is 0 Å². The summed E-state index contributed by atoms with van der Waals surface area (Å²) >= 11 is 4.28. The minimum Gasteiger partial charge on any atom is -0.175 e. The molecule has 0 radical (unpaired) electrons. The van der Waals surface area contributed by atoms with Crippen LogP contribution in [-0.2, 0) is 5.75 Å². The fraction of sp³-hybridized carbons (Fsp3) is 0.0909. The Labute approximate surface area is 78.0 Å². The van der Waals surface area contributed by atoms with E-state index in [0.29, 0.717) is 0 Å². The SMILES string of the molecule is SCc1ccc2cccccc1-2. The van der Waals surface area contributed by atoms with E-state index in [-0.39, 0.29) is 0 Å². The number of fused-ring (bicyclic) bond motifs is 1. The molecule has 0 atom stereocenters. The quantitative estimate of drug-likeness (QED) is 0.630. The van der Waals surface area contributed by atoms with E-state index in [9.17, 15) is 0 Å². The third-order valence-electron chi connectivity index (χ3n) is 2.05. The molecule has 2 rings (SSSR count). The summed E-state index contributed by atoms with van der Waals surface area (Å²) < 4.78 is 0. The second-order valence-corrected chi connectivity index (χ2v) is 3.11. The first kappa shape index (κ1) is 7.69. The zero-order chi connectivity index (χ0) is 8.39. The average molecular weight is 174 g/mol. The molecule has 2 aliphatic carbocycles. The van der Waals surface area contributed by atoms with Gasteiger partial charge in [-0.2, -0.15) is 12.6 Å². The lowest BCUT2D eigenvalue weighted by Crippen LogP contribution is -1.73. The highest BCUT2D eigenvalue weighted by Crippen LogP contribution is 2.27. The molecule has 2 aliphatic rings. The van der Waals surface area contributed by atoms with E-state index >= 15 is 0 Å². The fourth-order valence-corrected chi connectivity index (χ4v) is 1.69. The van der Waals surface area contributed by atoms with Gasteiger partial charge in [0, 0.05) is 5.75 Å². The second-order valence-electron chi connectivity index (χ2n) is 2.80. The van der Waals surface area contributed by atoms with Crippen LogP contribution in [-0.4, -0.2) is 0 Å². The maximum absolute atomic E-state index is 4.28. The zero-order valence-corrected chi connectivity index (χ0v) is 7.59. The van der Waals surface area contributed by atoms with E-state index in [0.717, 1.165) is 5.75 Å². The summed E-state index contributed by atoms with van der Waals surface area (Å²) in [5.74, 6) is 0.813. The molecular formula is C11H10S. The molecule has 0 spiro atoms. The van der Waals surface area contributed by atoms with Crippen LogP contribution in [0.3, 0.4) is 0 Å². The van der Waals surface area contributed by atoms with Crippen molar-refractivity contribution in [2.45, 2.75) is 5.75 Å². The van der Waals surface area contributed by atoms with Crippen LogP contribution in [0.4, 0.5) is 0 Å². The predicted molar refractivity (Wildman–Crippen MR) is 55.8 cm³/mol. The van der Waals surface area contributed by atoms with Crippen LogP contribution in [0, 0.1) is 0 Å². The average Bonchev–Trinajstić information content (AvgIpc) is 2.33. The molecule has 0 N–H and O–H groups in total. The Hall–Kier alpha value is -0.950. The number of rotatable bonds is 1. The molecule has 0 nitrogen and oxygen atoms in total. The minimum atomic E-state index is 0.813. The molecule has 0 saturated heterocycles. The van der Waals surface area contributed by atoms with Gasteiger partial charge in [-0.05, 0) is 16.7 Å². The molecular weight excluding hydrogens is 164 g/mol. The van der Waals surface area contributed by atoms with Gasteiger partial charge in [0.15, 0.2) is 0 Å². The molecule has 0 bridgehead atoms. The monoisotopic (exact) mass is 174 g/mol. The van der Waals surface area contributed by atoms with E-state index in [4.69, 9.17) is 0 Å². The maximum atomic E-state index is 4.28. The molecule has 0 saturated carbocycles. The van der Waals surface area contributed by atoms with Crippen LogP contribution in [0.1, 0.15) is 5.56 Å². The van der Waals surface area contributed by atoms with E-state index in [1.54, 1.807) is 0 Å². The minimum absolute atomic E-state index is 0.813. The molecule has 0 heterocycles. The predicted octanol–water partition coefficient (Wildman–Crippen LogP) is 3.22. The summed E-state index contributed by atoms with van der Waals surface area (Å²) in [7, 11) is 0. The molecule has 0 unspecified atom stereocenters. The van der Waals surface area contributed by atoms with Crippen molar-refractivity contribution < 1.29 is 0 Å². The van der Waals surface area contributed by atoms with Gasteiger partial charge < -0.3 is 0 Å². The van der Waals surface area contributed by atoms with Crippen molar-refractivity contribution in [3.63, 3.8) is 0 Å². The van der Waals surface area contributed by atoms with Gasteiger partial charge in [-0.1, -0.05) is 42.5 Å². The largest absolute Gasteiger partial charge is 0.175 e. The van der Waals surface area contributed by atoms with Crippen molar-refractivity contribution in [3.8, 4) is 11.1 Å². The Morgan fingerprint density at radius 2 is 1.75 bits per heavy atom. The van der Waals surface area contributed by atoms with Gasteiger partial charge >= 0.3 is 0 Å². The van der Waals surface area contributed by atoms with Gasteiger partial charge in [-0.3, -0.25) is 0 Å². The highest BCUT2D eigenvalue weighted by atomic mass is 32.1. The van der Waals surface area contributed by atoms with E-state index < -0.39 is 0 Å². The van der Waals surface area contributed by atoms with Gasteiger partial charge in [0.05, 0.1) is 0 Å². The standard InChI is InChI=1S/C11H10S/c12-8-10-7-6-9-4-2-1-3-5-11(9)10/h1-7,12H,8H2. The lowest BCUT2D eigenvalue weighted by atomic mass is 10.1. The lowest BCUT2D eigenvalue weighted by Gasteiger charge is -1.95. The van der Waals surface area contributed by atoms with Gasteiger partial charge in [0.2, 0.25) is 0 Å². The van der Waals surface area contributed by atoms with Gasteiger partial charge in [-0.15, -0.1) is 0 Å². The van der Waals surface area contributed by atoms with E-state index in [1.165, 1.54) is 16.7 Å². The topological polar surface area (TPSA) is 0 Å². The van der Waals surface area contributed by atoms with Crippen LogP contribution in [0.15, 0.2) is 42.5 Å². The zero-order valence-electron chi connectivity index (χ0n) is 6.70. The van der Waals surface area contributed by atoms with Crippen molar-refractivity contribution in [2.24, 2.45) is 0 Å². The Balaban J connectivity index is 2.64. The first-order valence-electron chi connectivity index (χ1n) is 3.99. The molecule has 0 aromatic rings. The molecule has 0 aromatic carbocycles. The van der Waals surface area contributed by atoms with Crippen LogP contribution in [0.25, 0.3) is 11.1 Å². The summed E-state index contributed by atoms with van der Waals surface area (Å²) in [5.41, 5.74) is 3.92. The van der Waals surface area contributed by atoms with Crippen molar-refractivity contribution in [2.75, 3.05) is 0 Å². The Morgan fingerprint density at radius 3 is 2.58 bits per heavy atom.